The molecule has 0 aliphatic rings. The van der Waals surface area contributed by atoms with Gasteiger partial charge in [0.2, 0.25) is 10.0 Å². The van der Waals surface area contributed by atoms with Gasteiger partial charge in [0.1, 0.15) is 5.82 Å². The first-order chi connectivity index (χ1) is 8.38. The highest BCUT2D eigenvalue weighted by molar-refractivity contribution is 7.89. The van der Waals surface area contributed by atoms with Gasteiger partial charge in [0, 0.05) is 13.2 Å². The fourth-order valence-electron chi connectivity index (χ4n) is 1.39. The van der Waals surface area contributed by atoms with Crippen molar-refractivity contribution in [1.82, 2.24) is 4.72 Å². The molecule has 1 rings (SSSR count). The summed E-state index contributed by atoms with van der Waals surface area (Å²) in [6.45, 7) is 4.24. The zero-order valence-corrected chi connectivity index (χ0v) is 11.2. The van der Waals surface area contributed by atoms with Crippen LogP contribution in [0.3, 0.4) is 0 Å². The summed E-state index contributed by atoms with van der Waals surface area (Å²) >= 11 is 0. The van der Waals surface area contributed by atoms with E-state index in [2.05, 4.69) is 4.72 Å². The predicted molar refractivity (Wildman–Crippen MR) is 67.2 cm³/mol. The van der Waals surface area contributed by atoms with E-state index in [0.717, 1.165) is 6.07 Å². The monoisotopic (exact) mass is 276 g/mol. The minimum Gasteiger partial charge on any atom is -0.396 e. The number of rotatable bonds is 6. The first-order valence-electron chi connectivity index (χ1n) is 5.51. The first kappa shape index (κ1) is 14.9. The summed E-state index contributed by atoms with van der Waals surface area (Å²) < 4.78 is 44.4. The van der Waals surface area contributed by atoms with Gasteiger partial charge in [0.25, 0.3) is 0 Å². The molecule has 0 radical (unpaired) electrons. The minimum atomic E-state index is -3.68. The van der Waals surface area contributed by atoms with Crippen LogP contribution < -0.4 is 10.5 Å². The number of nitrogens with one attached hydrogen (secondary N) is 1. The standard InChI is InChI=1S/C11H17FN2O3S/c1-3-17-5-4-14-18(15,16)9-6-8(2)11(12)10(13)7-9/h6-7,14H,3-5,13H2,1-2H3. The fourth-order valence-corrected chi connectivity index (χ4v) is 2.53. The van der Waals surface area contributed by atoms with Gasteiger partial charge >= 0.3 is 0 Å². The lowest BCUT2D eigenvalue weighted by atomic mass is 10.2. The van der Waals surface area contributed by atoms with Crippen LogP contribution in [0.1, 0.15) is 12.5 Å². The Kier molecular flexibility index (Phi) is 5.06. The zero-order valence-electron chi connectivity index (χ0n) is 10.4. The van der Waals surface area contributed by atoms with Crippen LogP contribution in [0.25, 0.3) is 0 Å². The molecule has 0 heterocycles. The molecule has 0 saturated heterocycles. The van der Waals surface area contributed by atoms with E-state index in [0.29, 0.717) is 6.61 Å². The second-order valence-corrected chi connectivity index (χ2v) is 5.51. The molecule has 18 heavy (non-hydrogen) atoms. The van der Waals surface area contributed by atoms with Crippen molar-refractivity contribution in [2.45, 2.75) is 18.7 Å². The van der Waals surface area contributed by atoms with Crippen LogP contribution in [0, 0.1) is 12.7 Å². The molecule has 0 saturated carbocycles. The van der Waals surface area contributed by atoms with Crippen LogP contribution in [0.4, 0.5) is 10.1 Å². The van der Waals surface area contributed by atoms with Gasteiger partial charge in [-0.15, -0.1) is 0 Å². The Balaban J connectivity index is 2.85. The SMILES string of the molecule is CCOCCNS(=O)(=O)c1cc(C)c(F)c(N)c1. The molecular formula is C11H17FN2O3S. The first-order valence-corrected chi connectivity index (χ1v) is 7.00. The summed E-state index contributed by atoms with van der Waals surface area (Å²) in [6.07, 6.45) is 0. The van der Waals surface area contributed by atoms with Crippen LogP contribution in [-0.2, 0) is 14.8 Å². The highest BCUT2D eigenvalue weighted by Gasteiger charge is 2.16. The molecule has 1 aromatic rings. The van der Waals surface area contributed by atoms with Gasteiger partial charge in [-0.1, -0.05) is 0 Å². The fraction of sp³-hybridized carbons (Fsp3) is 0.455. The van der Waals surface area contributed by atoms with Crippen LogP contribution in [0.5, 0.6) is 0 Å². The molecule has 0 fully saturated rings. The van der Waals surface area contributed by atoms with E-state index in [1.54, 1.807) is 0 Å². The summed E-state index contributed by atoms with van der Waals surface area (Å²) in [7, 11) is -3.68. The maximum atomic E-state index is 13.3. The summed E-state index contributed by atoms with van der Waals surface area (Å²) in [5.41, 5.74) is 5.42. The number of halogens is 1. The average molecular weight is 276 g/mol. The van der Waals surface area contributed by atoms with E-state index in [-0.39, 0.29) is 29.3 Å². The lowest BCUT2D eigenvalue weighted by Gasteiger charge is -2.09. The maximum Gasteiger partial charge on any atom is 0.240 e. The molecule has 0 atom stereocenters. The highest BCUT2D eigenvalue weighted by Crippen LogP contribution is 2.20. The van der Waals surface area contributed by atoms with Gasteiger partial charge < -0.3 is 10.5 Å². The molecule has 5 nitrogen and oxygen atoms in total. The molecule has 0 spiro atoms. The predicted octanol–water partition coefficient (Wildman–Crippen LogP) is 1.03. The van der Waals surface area contributed by atoms with Crippen molar-refractivity contribution in [3.05, 3.63) is 23.5 Å². The van der Waals surface area contributed by atoms with E-state index < -0.39 is 15.8 Å². The Labute approximate surface area is 106 Å². The number of ether oxygens (including phenoxy) is 1. The van der Waals surface area contributed by atoms with Gasteiger partial charge in [-0.2, -0.15) is 0 Å². The Morgan fingerprint density at radius 1 is 1.44 bits per heavy atom. The molecule has 0 aromatic heterocycles. The van der Waals surface area contributed by atoms with Gasteiger partial charge in [-0.05, 0) is 31.5 Å². The van der Waals surface area contributed by atoms with Crippen molar-refractivity contribution in [2.75, 3.05) is 25.5 Å². The number of hydrogen-bond acceptors (Lipinski definition) is 4. The van der Waals surface area contributed by atoms with Crippen LogP contribution >= 0.6 is 0 Å². The Bertz CT molecular complexity index is 494. The number of anilines is 1. The van der Waals surface area contributed by atoms with Crippen molar-refractivity contribution in [3.63, 3.8) is 0 Å². The second-order valence-electron chi connectivity index (χ2n) is 3.74. The molecule has 3 N–H and O–H groups in total. The van der Waals surface area contributed by atoms with Crippen LogP contribution in [0.15, 0.2) is 17.0 Å². The summed E-state index contributed by atoms with van der Waals surface area (Å²) in [5, 5.41) is 0. The van der Waals surface area contributed by atoms with Gasteiger partial charge in [0.05, 0.1) is 17.2 Å². The molecule has 0 aliphatic heterocycles. The maximum absolute atomic E-state index is 13.3. The third-order valence-electron chi connectivity index (χ3n) is 2.31. The lowest BCUT2D eigenvalue weighted by Crippen LogP contribution is -2.27. The number of sulfonamides is 1. The van der Waals surface area contributed by atoms with E-state index in [1.807, 2.05) is 6.92 Å². The van der Waals surface area contributed by atoms with Crippen molar-refractivity contribution < 1.29 is 17.5 Å². The largest absolute Gasteiger partial charge is 0.396 e. The lowest BCUT2D eigenvalue weighted by molar-refractivity contribution is 0.153. The minimum absolute atomic E-state index is 0.0459. The third kappa shape index (κ3) is 3.66. The molecule has 0 bridgehead atoms. The van der Waals surface area contributed by atoms with Crippen molar-refractivity contribution in [2.24, 2.45) is 0 Å². The van der Waals surface area contributed by atoms with Crippen molar-refractivity contribution in [1.29, 1.82) is 0 Å². The highest BCUT2D eigenvalue weighted by atomic mass is 32.2. The Morgan fingerprint density at radius 2 is 2.11 bits per heavy atom. The van der Waals surface area contributed by atoms with E-state index in [4.69, 9.17) is 10.5 Å². The normalized spacial score (nSPS) is 11.7. The number of hydrogen-bond donors (Lipinski definition) is 2. The smallest absolute Gasteiger partial charge is 0.240 e. The quantitative estimate of drug-likeness (QED) is 0.600. The van der Waals surface area contributed by atoms with Crippen LogP contribution in [0.2, 0.25) is 0 Å². The summed E-state index contributed by atoms with van der Waals surface area (Å²) in [4.78, 5) is -0.0459. The third-order valence-corrected chi connectivity index (χ3v) is 3.75. The molecule has 0 aliphatic carbocycles. The number of nitrogen functional groups attached to an aromatic ring is 1. The second kappa shape index (κ2) is 6.12. The molecule has 1 aromatic carbocycles. The van der Waals surface area contributed by atoms with Crippen molar-refractivity contribution >= 4 is 15.7 Å². The van der Waals surface area contributed by atoms with E-state index in [1.165, 1.54) is 13.0 Å². The Morgan fingerprint density at radius 3 is 2.67 bits per heavy atom. The van der Waals surface area contributed by atoms with Gasteiger partial charge in [-0.25, -0.2) is 17.5 Å². The number of benzene rings is 1. The summed E-state index contributed by atoms with van der Waals surface area (Å²) in [5.74, 6) is -0.594. The molecular weight excluding hydrogens is 259 g/mol. The molecule has 0 unspecified atom stereocenters. The molecule has 0 amide bonds. The molecule has 102 valence electrons. The van der Waals surface area contributed by atoms with Crippen molar-refractivity contribution in [3.8, 4) is 0 Å². The number of aryl methyl sites for hydroxylation is 1. The topological polar surface area (TPSA) is 81.4 Å². The number of nitrogens with two attached hydrogens (primary N) is 1. The Hall–Kier alpha value is -1.18. The van der Waals surface area contributed by atoms with Gasteiger partial charge in [-0.3, -0.25) is 0 Å². The zero-order chi connectivity index (χ0) is 13.8. The van der Waals surface area contributed by atoms with Gasteiger partial charge in [0.15, 0.2) is 0 Å². The average Bonchev–Trinajstić information content (AvgIpc) is 2.31. The summed E-state index contributed by atoms with van der Waals surface area (Å²) in [6, 6.07) is 2.35. The van der Waals surface area contributed by atoms with E-state index >= 15 is 0 Å². The molecule has 7 heteroatoms. The van der Waals surface area contributed by atoms with Crippen LogP contribution in [-0.4, -0.2) is 28.2 Å². The van der Waals surface area contributed by atoms with E-state index in [9.17, 15) is 12.8 Å².